The quantitative estimate of drug-likeness (QED) is 0.642. The maximum Gasteiger partial charge on any atom is 0.274 e. The van der Waals surface area contributed by atoms with Crippen LogP contribution in [0.25, 0.3) is 0 Å². The molecular weight excluding hydrogens is 366 g/mol. The lowest BCUT2D eigenvalue weighted by atomic mass is 10.2. The monoisotopic (exact) mass is 383 g/mol. The minimum Gasteiger partial charge on any atom is -0.497 e. The van der Waals surface area contributed by atoms with Crippen molar-refractivity contribution in [3.8, 4) is 11.5 Å². The van der Waals surface area contributed by atoms with Crippen molar-refractivity contribution in [2.45, 2.75) is 0 Å². The number of carbonyl (C=O) groups excluding carboxylic acids is 1. The van der Waals surface area contributed by atoms with Gasteiger partial charge in [-0.1, -0.05) is 23.7 Å². The maximum atomic E-state index is 12.5. The lowest BCUT2D eigenvalue weighted by molar-refractivity contribution is 0.102. The number of rotatable bonds is 6. The second-order valence-electron chi connectivity index (χ2n) is 5.55. The molecule has 1 amide bonds. The Bertz CT molecular complexity index is 963. The molecule has 0 fully saturated rings. The van der Waals surface area contributed by atoms with Crippen molar-refractivity contribution in [3.05, 3.63) is 71.5 Å². The Morgan fingerprint density at radius 3 is 2.56 bits per heavy atom. The molecule has 0 aliphatic heterocycles. The molecule has 2 aromatic carbocycles. The summed E-state index contributed by atoms with van der Waals surface area (Å²) in [6, 6.07) is 15.8. The van der Waals surface area contributed by atoms with E-state index in [1.807, 2.05) is 6.07 Å². The largest absolute Gasteiger partial charge is 0.497 e. The average molecular weight is 384 g/mol. The Kier molecular flexibility index (Phi) is 5.78. The number of methoxy groups -OCH3 is 2. The van der Waals surface area contributed by atoms with Gasteiger partial charge in [-0.2, -0.15) is 0 Å². The zero-order valence-electron chi connectivity index (χ0n) is 14.8. The summed E-state index contributed by atoms with van der Waals surface area (Å²) in [6.45, 7) is 0. The van der Waals surface area contributed by atoms with E-state index in [4.69, 9.17) is 21.1 Å². The Balaban J connectivity index is 1.82. The molecule has 6 nitrogen and oxygen atoms in total. The van der Waals surface area contributed by atoms with Crippen LogP contribution in [0.5, 0.6) is 11.5 Å². The van der Waals surface area contributed by atoms with Crippen LogP contribution in [-0.2, 0) is 0 Å². The lowest BCUT2D eigenvalue weighted by Crippen LogP contribution is -2.14. The van der Waals surface area contributed by atoms with E-state index in [1.54, 1.807) is 68.9 Å². The number of nitrogens with one attached hydrogen (secondary N) is 2. The van der Waals surface area contributed by atoms with Gasteiger partial charge in [0.25, 0.3) is 5.91 Å². The molecule has 0 aliphatic rings. The van der Waals surface area contributed by atoms with E-state index in [0.717, 1.165) is 0 Å². The van der Waals surface area contributed by atoms with Crippen LogP contribution >= 0.6 is 11.6 Å². The average Bonchev–Trinajstić information content (AvgIpc) is 2.70. The van der Waals surface area contributed by atoms with Gasteiger partial charge in [0.05, 0.1) is 30.6 Å². The molecule has 0 bridgehead atoms. The highest BCUT2D eigenvalue weighted by Gasteiger charge is 2.11. The van der Waals surface area contributed by atoms with Crippen LogP contribution in [0.15, 0.2) is 60.8 Å². The molecule has 138 valence electrons. The van der Waals surface area contributed by atoms with E-state index in [-0.39, 0.29) is 11.6 Å². The van der Waals surface area contributed by atoms with E-state index in [1.165, 1.54) is 0 Å². The van der Waals surface area contributed by atoms with Crippen LogP contribution in [-0.4, -0.2) is 25.1 Å². The number of hydrogen-bond acceptors (Lipinski definition) is 5. The number of amides is 1. The van der Waals surface area contributed by atoms with Crippen molar-refractivity contribution in [2.24, 2.45) is 0 Å². The lowest BCUT2D eigenvalue weighted by Gasteiger charge is -2.13. The fourth-order valence-electron chi connectivity index (χ4n) is 2.45. The number of hydrogen-bond donors (Lipinski definition) is 2. The van der Waals surface area contributed by atoms with Gasteiger partial charge in [0.1, 0.15) is 17.2 Å². The number of anilines is 3. The Labute approximate surface area is 162 Å². The van der Waals surface area contributed by atoms with E-state index in [9.17, 15) is 4.79 Å². The summed E-state index contributed by atoms with van der Waals surface area (Å²) in [6.07, 6.45) is 1.55. The molecule has 3 aromatic rings. The first-order chi connectivity index (χ1) is 13.1. The first-order valence-corrected chi connectivity index (χ1v) is 8.49. The zero-order valence-corrected chi connectivity index (χ0v) is 15.6. The van der Waals surface area contributed by atoms with Crippen molar-refractivity contribution >= 4 is 34.6 Å². The summed E-state index contributed by atoms with van der Waals surface area (Å²) >= 11 is 6.08. The van der Waals surface area contributed by atoms with Crippen molar-refractivity contribution in [2.75, 3.05) is 24.9 Å². The van der Waals surface area contributed by atoms with Gasteiger partial charge in [-0.3, -0.25) is 9.78 Å². The minimum atomic E-state index is -0.357. The van der Waals surface area contributed by atoms with Crippen LogP contribution in [0.3, 0.4) is 0 Å². The van der Waals surface area contributed by atoms with Crippen LogP contribution in [0.4, 0.5) is 17.1 Å². The number of halogens is 1. The smallest absolute Gasteiger partial charge is 0.274 e. The fraction of sp³-hybridized carbons (Fsp3) is 0.100. The molecule has 0 saturated heterocycles. The second-order valence-corrected chi connectivity index (χ2v) is 5.96. The highest BCUT2D eigenvalue weighted by Crippen LogP contribution is 2.31. The number of para-hydroxylation sites is 1. The Morgan fingerprint density at radius 1 is 1.00 bits per heavy atom. The number of nitrogens with zero attached hydrogens (tertiary/aromatic N) is 1. The van der Waals surface area contributed by atoms with Crippen molar-refractivity contribution in [1.29, 1.82) is 0 Å². The number of ether oxygens (including phenoxy) is 2. The SMILES string of the molecule is COc1ccc(OC)c(Nc2ccnc(C(=O)Nc3ccccc3Cl)c2)c1. The third kappa shape index (κ3) is 4.48. The molecule has 0 saturated carbocycles. The first-order valence-electron chi connectivity index (χ1n) is 8.11. The molecule has 2 N–H and O–H groups in total. The molecule has 0 aliphatic carbocycles. The van der Waals surface area contributed by atoms with Gasteiger partial charge >= 0.3 is 0 Å². The molecule has 7 heteroatoms. The molecule has 0 atom stereocenters. The number of benzene rings is 2. The Hall–Kier alpha value is -3.25. The van der Waals surface area contributed by atoms with E-state index in [0.29, 0.717) is 33.6 Å². The Morgan fingerprint density at radius 2 is 1.81 bits per heavy atom. The van der Waals surface area contributed by atoms with Crippen molar-refractivity contribution in [1.82, 2.24) is 4.98 Å². The topological polar surface area (TPSA) is 72.5 Å². The van der Waals surface area contributed by atoms with E-state index < -0.39 is 0 Å². The van der Waals surface area contributed by atoms with Gasteiger partial charge in [-0.05, 0) is 36.4 Å². The third-order valence-corrected chi connectivity index (χ3v) is 4.13. The summed E-state index contributed by atoms with van der Waals surface area (Å²) in [4.78, 5) is 16.6. The van der Waals surface area contributed by atoms with Crippen molar-refractivity contribution < 1.29 is 14.3 Å². The highest BCUT2D eigenvalue weighted by molar-refractivity contribution is 6.33. The van der Waals surface area contributed by atoms with Gasteiger partial charge in [0.15, 0.2) is 0 Å². The second kappa shape index (κ2) is 8.42. The molecule has 0 unspecified atom stereocenters. The molecule has 0 radical (unpaired) electrons. The predicted molar refractivity (Wildman–Crippen MR) is 106 cm³/mol. The molecule has 1 heterocycles. The van der Waals surface area contributed by atoms with Gasteiger partial charge in [0.2, 0.25) is 0 Å². The first kappa shape index (κ1) is 18.5. The highest BCUT2D eigenvalue weighted by atomic mass is 35.5. The summed E-state index contributed by atoms with van der Waals surface area (Å²) in [7, 11) is 3.18. The van der Waals surface area contributed by atoms with Gasteiger partial charge in [-0.15, -0.1) is 0 Å². The fourth-order valence-corrected chi connectivity index (χ4v) is 2.63. The molecule has 27 heavy (non-hydrogen) atoms. The molecule has 0 spiro atoms. The minimum absolute atomic E-state index is 0.252. The molecule has 1 aromatic heterocycles. The van der Waals surface area contributed by atoms with Crippen LogP contribution < -0.4 is 20.1 Å². The number of carbonyl (C=O) groups is 1. The van der Waals surface area contributed by atoms with Gasteiger partial charge in [-0.25, -0.2) is 0 Å². The standard InChI is InChI=1S/C20H18ClN3O3/c1-26-14-7-8-19(27-2)17(12-14)23-13-9-10-22-18(11-13)20(25)24-16-6-4-3-5-15(16)21/h3-12H,1-2H3,(H,22,23)(H,24,25). The number of pyridine rings is 1. The summed E-state index contributed by atoms with van der Waals surface area (Å²) in [5.41, 5.74) is 2.17. The zero-order chi connectivity index (χ0) is 19.2. The van der Waals surface area contributed by atoms with Crippen molar-refractivity contribution in [3.63, 3.8) is 0 Å². The maximum absolute atomic E-state index is 12.5. The molecule has 3 rings (SSSR count). The van der Waals surface area contributed by atoms with Crippen LogP contribution in [0, 0.1) is 0 Å². The van der Waals surface area contributed by atoms with E-state index >= 15 is 0 Å². The summed E-state index contributed by atoms with van der Waals surface area (Å²) < 4.78 is 10.6. The normalized spacial score (nSPS) is 10.2. The molecular formula is C20H18ClN3O3. The summed E-state index contributed by atoms with van der Waals surface area (Å²) in [5.74, 6) is 0.975. The van der Waals surface area contributed by atoms with Gasteiger partial charge in [0, 0.05) is 18.0 Å². The van der Waals surface area contributed by atoms with E-state index in [2.05, 4.69) is 15.6 Å². The van der Waals surface area contributed by atoms with Gasteiger partial charge < -0.3 is 20.1 Å². The summed E-state index contributed by atoms with van der Waals surface area (Å²) in [5, 5.41) is 6.43. The van der Waals surface area contributed by atoms with Crippen LogP contribution in [0.2, 0.25) is 5.02 Å². The predicted octanol–water partition coefficient (Wildman–Crippen LogP) is 4.75. The number of aromatic nitrogens is 1. The van der Waals surface area contributed by atoms with Crippen LogP contribution in [0.1, 0.15) is 10.5 Å². The third-order valence-electron chi connectivity index (χ3n) is 3.80.